The van der Waals surface area contributed by atoms with E-state index in [1.165, 1.54) is 10.9 Å². The molecule has 2 aromatic rings. The van der Waals surface area contributed by atoms with Crippen molar-refractivity contribution in [2.45, 2.75) is 12.5 Å². The first-order valence-corrected chi connectivity index (χ1v) is 5.42. The molecule has 16 heavy (non-hydrogen) atoms. The van der Waals surface area contributed by atoms with Crippen LogP contribution in [0.4, 0.5) is 0 Å². The highest BCUT2D eigenvalue weighted by molar-refractivity contribution is 5.84. The molecule has 86 valence electrons. The van der Waals surface area contributed by atoms with Crippen molar-refractivity contribution in [2.75, 3.05) is 13.7 Å². The van der Waals surface area contributed by atoms with Gasteiger partial charge in [0.2, 0.25) is 0 Å². The summed E-state index contributed by atoms with van der Waals surface area (Å²) in [5, 5.41) is 1.21. The van der Waals surface area contributed by atoms with Crippen LogP contribution < -0.4 is 5.73 Å². The third-order valence-corrected chi connectivity index (χ3v) is 3.34. The average molecular weight is 218 g/mol. The number of ether oxygens (including phenoxy) is 1. The maximum Gasteiger partial charge on any atom is 0.103 e. The molecule has 2 rings (SSSR count). The summed E-state index contributed by atoms with van der Waals surface area (Å²) in [6.07, 6.45) is 2.06. The lowest BCUT2D eigenvalue weighted by atomic mass is 9.93. The van der Waals surface area contributed by atoms with Crippen LogP contribution in [-0.2, 0) is 17.4 Å². The molecule has 3 heteroatoms. The molecule has 0 saturated heterocycles. The monoisotopic (exact) mass is 218 g/mol. The molecule has 0 amide bonds. The van der Waals surface area contributed by atoms with Gasteiger partial charge in [-0.05, 0) is 24.6 Å². The Morgan fingerprint density at radius 2 is 2.12 bits per heavy atom. The highest BCUT2D eigenvalue weighted by Gasteiger charge is 2.26. The van der Waals surface area contributed by atoms with Gasteiger partial charge in [0.15, 0.2) is 0 Å². The molecule has 0 fully saturated rings. The van der Waals surface area contributed by atoms with Crippen molar-refractivity contribution in [1.29, 1.82) is 0 Å². The van der Waals surface area contributed by atoms with E-state index in [0.29, 0.717) is 6.54 Å². The fraction of sp³-hybridized carbons (Fsp3) is 0.385. The van der Waals surface area contributed by atoms with Gasteiger partial charge in [-0.2, -0.15) is 0 Å². The minimum atomic E-state index is -0.416. The maximum atomic E-state index is 5.82. The van der Waals surface area contributed by atoms with E-state index >= 15 is 0 Å². The summed E-state index contributed by atoms with van der Waals surface area (Å²) in [6, 6.07) is 8.34. The largest absolute Gasteiger partial charge is 0.372 e. The van der Waals surface area contributed by atoms with E-state index in [-0.39, 0.29) is 0 Å². The van der Waals surface area contributed by atoms with E-state index in [1.807, 2.05) is 20.0 Å². The molecule has 1 aromatic carbocycles. The molecule has 0 spiro atoms. The number of rotatable bonds is 3. The molecule has 0 aliphatic heterocycles. The summed E-state index contributed by atoms with van der Waals surface area (Å²) in [5.41, 5.74) is 7.75. The SMILES string of the molecule is COC(C)(CN)c1cccc2c1ccn2C. The number of aryl methyl sites for hydroxylation is 1. The molecule has 0 aliphatic carbocycles. The molecule has 1 aromatic heterocycles. The number of methoxy groups -OCH3 is 1. The summed E-state index contributed by atoms with van der Waals surface area (Å²) in [6.45, 7) is 2.49. The van der Waals surface area contributed by atoms with Crippen LogP contribution >= 0.6 is 0 Å². The molecule has 3 nitrogen and oxygen atoms in total. The number of nitrogens with two attached hydrogens (primary N) is 1. The number of fused-ring (bicyclic) bond motifs is 1. The summed E-state index contributed by atoms with van der Waals surface area (Å²) in [5.74, 6) is 0. The number of nitrogens with zero attached hydrogens (tertiary/aromatic N) is 1. The number of hydrogen-bond acceptors (Lipinski definition) is 2. The lowest BCUT2D eigenvalue weighted by molar-refractivity contribution is 0.0113. The summed E-state index contributed by atoms with van der Waals surface area (Å²) in [4.78, 5) is 0. The van der Waals surface area contributed by atoms with Crippen LogP contribution in [0.25, 0.3) is 10.9 Å². The van der Waals surface area contributed by atoms with Crippen LogP contribution in [0.15, 0.2) is 30.5 Å². The van der Waals surface area contributed by atoms with Gasteiger partial charge in [-0.25, -0.2) is 0 Å². The normalized spacial score (nSPS) is 15.2. The minimum Gasteiger partial charge on any atom is -0.372 e. The Labute approximate surface area is 95.8 Å². The van der Waals surface area contributed by atoms with Gasteiger partial charge in [0.25, 0.3) is 0 Å². The van der Waals surface area contributed by atoms with E-state index in [1.54, 1.807) is 7.11 Å². The van der Waals surface area contributed by atoms with Crippen LogP contribution in [0.5, 0.6) is 0 Å². The van der Waals surface area contributed by atoms with Crippen LogP contribution in [-0.4, -0.2) is 18.2 Å². The van der Waals surface area contributed by atoms with E-state index in [2.05, 4.69) is 29.0 Å². The van der Waals surface area contributed by atoms with Gasteiger partial charge in [0.05, 0.1) is 0 Å². The first-order valence-electron chi connectivity index (χ1n) is 5.42. The zero-order valence-corrected chi connectivity index (χ0v) is 10.0. The van der Waals surface area contributed by atoms with Gasteiger partial charge in [-0.3, -0.25) is 0 Å². The molecule has 1 heterocycles. The van der Waals surface area contributed by atoms with Crippen LogP contribution in [0.3, 0.4) is 0 Å². The van der Waals surface area contributed by atoms with Gasteiger partial charge < -0.3 is 15.0 Å². The van der Waals surface area contributed by atoms with E-state index in [9.17, 15) is 0 Å². The zero-order chi connectivity index (χ0) is 11.8. The molecule has 1 unspecified atom stereocenters. The molecule has 2 N–H and O–H groups in total. The summed E-state index contributed by atoms with van der Waals surface area (Å²) < 4.78 is 7.66. The summed E-state index contributed by atoms with van der Waals surface area (Å²) in [7, 11) is 3.74. The van der Waals surface area contributed by atoms with Crippen LogP contribution in [0, 0.1) is 0 Å². The van der Waals surface area contributed by atoms with E-state index < -0.39 is 5.60 Å². The Balaban J connectivity index is 2.69. The Morgan fingerprint density at radius 3 is 2.75 bits per heavy atom. The average Bonchev–Trinajstić information content (AvgIpc) is 2.70. The van der Waals surface area contributed by atoms with Crippen LogP contribution in [0.2, 0.25) is 0 Å². The van der Waals surface area contributed by atoms with Gasteiger partial charge >= 0.3 is 0 Å². The highest BCUT2D eigenvalue weighted by Crippen LogP contribution is 2.30. The summed E-state index contributed by atoms with van der Waals surface area (Å²) >= 11 is 0. The van der Waals surface area contributed by atoms with Crippen molar-refractivity contribution in [3.05, 3.63) is 36.0 Å². The predicted octanol–water partition coefficient (Wildman–Crippen LogP) is 2.00. The van der Waals surface area contributed by atoms with Crippen molar-refractivity contribution in [2.24, 2.45) is 12.8 Å². The van der Waals surface area contributed by atoms with Crippen molar-refractivity contribution in [3.8, 4) is 0 Å². The second-order valence-electron chi connectivity index (χ2n) is 4.30. The molecule has 0 saturated carbocycles. The van der Waals surface area contributed by atoms with Crippen molar-refractivity contribution < 1.29 is 4.74 Å². The zero-order valence-electron chi connectivity index (χ0n) is 10.0. The van der Waals surface area contributed by atoms with Gasteiger partial charge in [-0.15, -0.1) is 0 Å². The fourth-order valence-corrected chi connectivity index (χ4v) is 2.07. The number of benzene rings is 1. The Morgan fingerprint density at radius 1 is 1.38 bits per heavy atom. The molecule has 0 radical (unpaired) electrons. The Hall–Kier alpha value is -1.32. The van der Waals surface area contributed by atoms with Gasteiger partial charge in [-0.1, -0.05) is 12.1 Å². The number of aromatic nitrogens is 1. The smallest absolute Gasteiger partial charge is 0.103 e. The third-order valence-electron chi connectivity index (χ3n) is 3.34. The first-order chi connectivity index (χ1) is 7.62. The molecular formula is C13H18N2O. The third kappa shape index (κ3) is 1.52. The van der Waals surface area contributed by atoms with Crippen molar-refractivity contribution in [1.82, 2.24) is 4.57 Å². The standard InChI is InChI=1S/C13H18N2O/c1-13(9-14,16-3)11-5-4-6-12-10(11)7-8-15(12)2/h4-8H,9,14H2,1-3H3. The van der Waals surface area contributed by atoms with Crippen molar-refractivity contribution >= 4 is 10.9 Å². The second kappa shape index (κ2) is 3.92. The topological polar surface area (TPSA) is 40.2 Å². The molecular weight excluding hydrogens is 200 g/mol. The molecule has 0 bridgehead atoms. The second-order valence-corrected chi connectivity index (χ2v) is 4.30. The lowest BCUT2D eigenvalue weighted by Gasteiger charge is -2.27. The maximum absolute atomic E-state index is 5.82. The van der Waals surface area contributed by atoms with E-state index in [0.717, 1.165) is 5.56 Å². The fourth-order valence-electron chi connectivity index (χ4n) is 2.07. The Kier molecular flexibility index (Phi) is 2.74. The number of hydrogen-bond donors (Lipinski definition) is 1. The van der Waals surface area contributed by atoms with E-state index in [4.69, 9.17) is 10.5 Å². The predicted molar refractivity (Wildman–Crippen MR) is 66.3 cm³/mol. The van der Waals surface area contributed by atoms with Crippen LogP contribution in [0.1, 0.15) is 12.5 Å². The lowest BCUT2D eigenvalue weighted by Crippen LogP contribution is -2.33. The first kappa shape index (κ1) is 11.2. The minimum absolute atomic E-state index is 0.416. The quantitative estimate of drug-likeness (QED) is 0.856. The van der Waals surface area contributed by atoms with Gasteiger partial charge in [0.1, 0.15) is 5.60 Å². The van der Waals surface area contributed by atoms with Crippen molar-refractivity contribution in [3.63, 3.8) is 0 Å². The molecule has 1 atom stereocenters. The highest BCUT2D eigenvalue weighted by atomic mass is 16.5. The van der Waals surface area contributed by atoms with Gasteiger partial charge in [0, 0.05) is 37.8 Å². The molecule has 0 aliphatic rings. The Bertz CT molecular complexity index is 498.